The highest BCUT2D eigenvalue weighted by atomic mass is 19.4. The largest absolute Gasteiger partial charge is 0.418 e. The molecule has 146 valence electrons. The van der Waals surface area contributed by atoms with E-state index >= 15 is 0 Å². The summed E-state index contributed by atoms with van der Waals surface area (Å²) in [5.74, 6) is 0.694. The van der Waals surface area contributed by atoms with Crippen LogP contribution in [0.5, 0.6) is 0 Å². The summed E-state index contributed by atoms with van der Waals surface area (Å²) in [4.78, 5) is 20.4. The van der Waals surface area contributed by atoms with E-state index in [0.717, 1.165) is 19.0 Å². The number of carbonyl (C=O) groups is 1. The molecule has 0 spiro atoms. The molecule has 1 saturated carbocycles. The van der Waals surface area contributed by atoms with Crippen molar-refractivity contribution in [2.75, 3.05) is 31.1 Å². The van der Waals surface area contributed by atoms with Crippen molar-refractivity contribution >= 4 is 22.6 Å². The van der Waals surface area contributed by atoms with E-state index in [1.165, 1.54) is 6.07 Å². The SMILES string of the molecule is Cn1ccc2c(C(F)(F)F)cnc(N3CCN(C(=O)C4CC(N)C4)CC3)c21. The summed E-state index contributed by atoms with van der Waals surface area (Å²) in [6.45, 7) is 2.17. The van der Waals surface area contributed by atoms with Gasteiger partial charge in [-0.15, -0.1) is 0 Å². The molecule has 0 radical (unpaired) electrons. The number of anilines is 1. The standard InChI is InChI=1S/C18H22F3N5O/c1-24-3-2-13-14(18(19,20)21)10-23-16(15(13)24)25-4-6-26(7-5-25)17(27)11-8-12(22)9-11/h2-3,10-12H,4-9,22H2,1H3. The highest BCUT2D eigenvalue weighted by Gasteiger charge is 2.37. The van der Waals surface area contributed by atoms with E-state index in [2.05, 4.69) is 4.98 Å². The number of piperazine rings is 1. The molecule has 0 bridgehead atoms. The third-order valence-corrected chi connectivity index (χ3v) is 5.61. The lowest BCUT2D eigenvalue weighted by atomic mass is 9.80. The van der Waals surface area contributed by atoms with E-state index in [4.69, 9.17) is 5.73 Å². The molecule has 2 aliphatic rings. The second kappa shape index (κ2) is 6.40. The highest BCUT2D eigenvalue weighted by molar-refractivity contribution is 5.93. The van der Waals surface area contributed by atoms with Crippen molar-refractivity contribution in [2.45, 2.75) is 25.1 Å². The number of hydrogen-bond donors (Lipinski definition) is 1. The molecule has 0 atom stereocenters. The van der Waals surface area contributed by atoms with Crippen LogP contribution in [0.2, 0.25) is 0 Å². The number of carbonyl (C=O) groups excluding carboxylic acids is 1. The van der Waals surface area contributed by atoms with Gasteiger partial charge in [0.25, 0.3) is 0 Å². The zero-order chi connectivity index (χ0) is 19.3. The number of alkyl halides is 3. The van der Waals surface area contributed by atoms with Crippen molar-refractivity contribution in [1.29, 1.82) is 0 Å². The molecule has 2 aromatic heterocycles. The average Bonchev–Trinajstić information content (AvgIpc) is 2.99. The first-order chi connectivity index (χ1) is 12.8. The second-order valence-corrected chi connectivity index (χ2v) is 7.42. The number of nitrogens with zero attached hydrogens (tertiary/aromatic N) is 4. The number of fused-ring (bicyclic) bond motifs is 1. The molecular weight excluding hydrogens is 359 g/mol. The molecule has 1 amide bonds. The summed E-state index contributed by atoms with van der Waals surface area (Å²) >= 11 is 0. The summed E-state index contributed by atoms with van der Waals surface area (Å²) in [6, 6.07) is 1.60. The lowest BCUT2D eigenvalue weighted by molar-refractivity contribution is -0.139. The predicted molar refractivity (Wildman–Crippen MR) is 95.2 cm³/mol. The Hall–Kier alpha value is -2.29. The van der Waals surface area contributed by atoms with Gasteiger partial charge in [0.1, 0.15) is 0 Å². The molecule has 4 rings (SSSR count). The van der Waals surface area contributed by atoms with E-state index < -0.39 is 11.7 Å². The fourth-order valence-electron chi connectivity index (χ4n) is 4.00. The Morgan fingerprint density at radius 1 is 1.22 bits per heavy atom. The van der Waals surface area contributed by atoms with E-state index in [1.807, 2.05) is 9.80 Å². The molecule has 27 heavy (non-hydrogen) atoms. The molecule has 1 aliphatic heterocycles. The van der Waals surface area contributed by atoms with E-state index in [1.54, 1.807) is 17.8 Å². The van der Waals surface area contributed by atoms with Crippen molar-refractivity contribution in [3.05, 3.63) is 24.0 Å². The molecule has 1 aliphatic carbocycles. The van der Waals surface area contributed by atoms with Gasteiger partial charge in [0, 0.05) is 63.0 Å². The van der Waals surface area contributed by atoms with Gasteiger partial charge in [0.2, 0.25) is 5.91 Å². The van der Waals surface area contributed by atoms with Gasteiger partial charge in [-0.2, -0.15) is 13.2 Å². The third-order valence-electron chi connectivity index (χ3n) is 5.61. The van der Waals surface area contributed by atoms with Crippen LogP contribution in [0.15, 0.2) is 18.5 Å². The van der Waals surface area contributed by atoms with Gasteiger partial charge in [-0.25, -0.2) is 4.98 Å². The minimum Gasteiger partial charge on any atom is -0.351 e. The molecule has 9 heteroatoms. The van der Waals surface area contributed by atoms with Crippen LogP contribution in [0.3, 0.4) is 0 Å². The smallest absolute Gasteiger partial charge is 0.351 e. The number of rotatable bonds is 2. The number of nitrogens with two attached hydrogens (primary N) is 1. The highest BCUT2D eigenvalue weighted by Crippen LogP contribution is 2.38. The van der Waals surface area contributed by atoms with Crippen LogP contribution < -0.4 is 10.6 Å². The Morgan fingerprint density at radius 3 is 2.48 bits per heavy atom. The maximum atomic E-state index is 13.3. The summed E-state index contributed by atoms with van der Waals surface area (Å²) < 4.78 is 41.5. The minimum atomic E-state index is -4.44. The van der Waals surface area contributed by atoms with Gasteiger partial charge in [0.05, 0.1) is 11.1 Å². The summed E-state index contributed by atoms with van der Waals surface area (Å²) in [5.41, 5.74) is 5.51. The van der Waals surface area contributed by atoms with Crippen LogP contribution in [-0.2, 0) is 18.0 Å². The molecule has 0 unspecified atom stereocenters. The lowest BCUT2D eigenvalue weighted by Gasteiger charge is -2.40. The predicted octanol–water partition coefficient (Wildman–Crippen LogP) is 1.98. The first-order valence-corrected chi connectivity index (χ1v) is 9.06. The first-order valence-electron chi connectivity index (χ1n) is 9.06. The topological polar surface area (TPSA) is 67.4 Å². The number of amides is 1. The summed E-state index contributed by atoms with van der Waals surface area (Å²) in [5, 5.41) is 0.150. The van der Waals surface area contributed by atoms with E-state index in [0.29, 0.717) is 37.5 Å². The normalized spacial score (nSPS) is 23.6. The van der Waals surface area contributed by atoms with Gasteiger partial charge in [-0.1, -0.05) is 0 Å². The van der Waals surface area contributed by atoms with Crippen LogP contribution in [0, 0.1) is 5.92 Å². The summed E-state index contributed by atoms with van der Waals surface area (Å²) in [7, 11) is 1.72. The van der Waals surface area contributed by atoms with Gasteiger partial charge in [-0.3, -0.25) is 4.79 Å². The van der Waals surface area contributed by atoms with Crippen LogP contribution in [0.4, 0.5) is 19.0 Å². The molecule has 6 nitrogen and oxygen atoms in total. The monoisotopic (exact) mass is 381 g/mol. The number of hydrogen-bond acceptors (Lipinski definition) is 4. The Bertz CT molecular complexity index is 864. The van der Waals surface area contributed by atoms with Gasteiger partial charge < -0.3 is 20.1 Å². The van der Waals surface area contributed by atoms with Crippen molar-refractivity contribution in [1.82, 2.24) is 14.5 Å². The van der Waals surface area contributed by atoms with Crippen LogP contribution >= 0.6 is 0 Å². The quantitative estimate of drug-likeness (QED) is 0.864. The fourth-order valence-corrected chi connectivity index (χ4v) is 4.00. The maximum absolute atomic E-state index is 13.3. The molecule has 2 aromatic rings. The second-order valence-electron chi connectivity index (χ2n) is 7.42. The lowest BCUT2D eigenvalue weighted by Crippen LogP contribution is -2.53. The van der Waals surface area contributed by atoms with Gasteiger partial charge >= 0.3 is 6.18 Å². The zero-order valence-corrected chi connectivity index (χ0v) is 15.0. The Kier molecular flexibility index (Phi) is 4.29. The van der Waals surface area contributed by atoms with Gasteiger partial charge in [-0.05, 0) is 18.9 Å². The van der Waals surface area contributed by atoms with Crippen molar-refractivity contribution in [2.24, 2.45) is 18.7 Å². The Balaban J connectivity index is 1.54. The average molecular weight is 381 g/mol. The first kappa shape index (κ1) is 18.1. The van der Waals surface area contributed by atoms with Gasteiger partial charge in [0.15, 0.2) is 5.82 Å². The fraction of sp³-hybridized carbons (Fsp3) is 0.556. The zero-order valence-electron chi connectivity index (χ0n) is 15.0. The maximum Gasteiger partial charge on any atom is 0.418 e. The number of aryl methyl sites for hydroxylation is 1. The Labute approximate surface area is 154 Å². The number of halogens is 3. The minimum absolute atomic E-state index is 0.0234. The number of pyridine rings is 1. The van der Waals surface area contributed by atoms with Crippen molar-refractivity contribution in [3.63, 3.8) is 0 Å². The molecule has 1 saturated heterocycles. The van der Waals surface area contributed by atoms with E-state index in [-0.39, 0.29) is 23.3 Å². The summed E-state index contributed by atoms with van der Waals surface area (Å²) in [6.07, 6.45) is -0.442. The molecule has 0 aromatic carbocycles. The molecule has 2 fully saturated rings. The van der Waals surface area contributed by atoms with Crippen LogP contribution in [0.1, 0.15) is 18.4 Å². The molecular formula is C18H22F3N5O. The van der Waals surface area contributed by atoms with Crippen LogP contribution in [-0.4, -0.2) is 52.6 Å². The van der Waals surface area contributed by atoms with Crippen LogP contribution in [0.25, 0.3) is 10.9 Å². The number of aromatic nitrogens is 2. The van der Waals surface area contributed by atoms with Crippen molar-refractivity contribution in [3.8, 4) is 0 Å². The molecule has 2 N–H and O–H groups in total. The third kappa shape index (κ3) is 3.13. The van der Waals surface area contributed by atoms with E-state index in [9.17, 15) is 18.0 Å². The van der Waals surface area contributed by atoms with Crippen molar-refractivity contribution < 1.29 is 18.0 Å². The molecule has 3 heterocycles. The Morgan fingerprint density at radius 2 is 1.89 bits per heavy atom.